The Bertz CT molecular complexity index is 659. The summed E-state index contributed by atoms with van der Waals surface area (Å²) in [7, 11) is 4.07. The molecule has 1 aromatic rings. The number of rotatable bonds is 8. The first-order valence-corrected chi connectivity index (χ1v) is 10.6. The third-order valence-corrected chi connectivity index (χ3v) is 5.88. The first kappa shape index (κ1) is 22.0. The highest BCUT2D eigenvalue weighted by molar-refractivity contribution is 5.73. The molecule has 0 bridgehead atoms. The Labute approximate surface area is 174 Å². The second kappa shape index (κ2) is 9.89. The highest BCUT2D eigenvalue weighted by Gasteiger charge is 2.38. The minimum absolute atomic E-state index is 0.143. The average Bonchev–Trinajstić information content (AvgIpc) is 3.03. The maximum atomic E-state index is 11.5. The molecule has 2 aliphatic heterocycles. The fourth-order valence-electron chi connectivity index (χ4n) is 4.14. The molecule has 2 aliphatic rings. The molecule has 1 N–H and O–H groups in total. The van der Waals surface area contributed by atoms with E-state index >= 15 is 0 Å². The van der Waals surface area contributed by atoms with E-state index in [0.717, 1.165) is 58.0 Å². The highest BCUT2D eigenvalue weighted by atomic mass is 16.5. The lowest BCUT2D eigenvalue weighted by molar-refractivity contribution is -0.130. The van der Waals surface area contributed by atoms with Crippen LogP contribution < -0.4 is 4.74 Å². The maximum absolute atomic E-state index is 11.5. The van der Waals surface area contributed by atoms with Gasteiger partial charge < -0.3 is 19.6 Å². The van der Waals surface area contributed by atoms with Gasteiger partial charge in [-0.2, -0.15) is 0 Å². The number of amides is 1. The van der Waals surface area contributed by atoms with E-state index in [-0.39, 0.29) is 5.91 Å². The van der Waals surface area contributed by atoms with Gasteiger partial charge in [0, 0.05) is 65.8 Å². The minimum Gasteiger partial charge on any atom is -0.492 e. The zero-order chi connectivity index (χ0) is 20.9. The molecule has 0 aliphatic carbocycles. The summed E-state index contributed by atoms with van der Waals surface area (Å²) in [4.78, 5) is 20.1. The number of likely N-dealkylation sites (N-methyl/N-ethyl adjacent to an activating group) is 1. The molecule has 29 heavy (non-hydrogen) atoms. The van der Waals surface area contributed by atoms with Crippen LogP contribution in [0.25, 0.3) is 0 Å². The van der Waals surface area contributed by atoms with Gasteiger partial charge in [0.1, 0.15) is 12.4 Å². The van der Waals surface area contributed by atoms with Crippen LogP contribution in [0.4, 0.5) is 0 Å². The first-order chi connectivity index (χ1) is 13.8. The van der Waals surface area contributed by atoms with Gasteiger partial charge in [-0.25, -0.2) is 0 Å². The van der Waals surface area contributed by atoms with Crippen molar-refractivity contribution in [1.29, 1.82) is 0 Å². The van der Waals surface area contributed by atoms with Crippen LogP contribution in [-0.2, 0) is 11.3 Å². The topological polar surface area (TPSA) is 59.5 Å². The Morgan fingerprint density at radius 3 is 2.41 bits per heavy atom. The lowest BCUT2D eigenvalue weighted by atomic mass is 10.0. The highest BCUT2D eigenvalue weighted by Crippen LogP contribution is 2.25. The molecule has 2 fully saturated rings. The van der Waals surface area contributed by atoms with E-state index < -0.39 is 5.60 Å². The molecule has 1 amide bonds. The summed E-state index contributed by atoms with van der Waals surface area (Å²) in [6, 6.07) is 8.29. The molecule has 1 aromatic carbocycles. The summed E-state index contributed by atoms with van der Waals surface area (Å²) in [5, 5.41) is 11.1. The Kier molecular flexibility index (Phi) is 7.51. The Morgan fingerprint density at radius 2 is 1.79 bits per heavy atom. The van der Waals surface area contributed by atoms with Crippen molar-refractivity contribution < 1.29 is 14.6 Å². The standard InChI is InChI=1S/C22H36N4O3/c1-19(27)26-12-10-24(11-13-26)17-22(28)8-9-25(18-22)16-20-4-6-21(7-5-20)29-15-14-23(2)3/h4-7,28H,8-18H2,1-3H3/t22-/m0/s1. The van der Waals surface area contributed by atoms with Crippen LogP contribution in [0.15, 0.2) is 24.3 Å². The number of benzene rings is 1. The molecule has 0 aromatic heterocycles. The van der Waals surface area contributed by atoms with Gasteiger partial charge in [0.2, 0.25) is 5.91 Å². The van der Waals surface area contributed by atoms with Gasteiger partial charge in [0.25, 0.3) is 0 Å². The van der Waals surface area contributed by atoms with Crippen molar-refractivity contribution >= 4 is 5.91 Å². The van der Waals surface area contributed by atoms with Crippen molar-refractivity contribution in [3.05, 3.63) is 29.8 Å². The van der Waals surface area contributed by atoms with Crippen molar-refractivity contribution in [2.75, 3.05) is 73.1 Å². The number of likely N-dealkylation sites (tertiary alicyclic amines) is 1. The monoisotopic (exact) mass is 404 g/mol. The molecule has 2 heterocycles. The van der Waals surface area contributed by atoms with E-state index in [9.17, 15) is 9.90 Å². The van der Waals surface area contributed by atoms with E-state index in [4.69, 9.17) is 4.74 Å². The number of hydrogen-bond donors (Lipinski definition) is 1. The molecule has 0 spiro atoms. The largest absolute Gasteiger partial charge is 0.492 e. The van der Waals surface area contributed by atoms with Crippen molar-refractivity contribution in [2.45, 2.75) is 25.5 Å². The van der Waals surface area contributed by atoms with Crippen molar-refractivity contribution in [2.24, 2.45) is 0 Å². The Hall–Kier alpha value is -1.67. The predicted octanol–water partition coefficient (Wildman–Crippen LogP) is 0.728. The number of β-amino-alcohol motifs (C(OH)–C–C–N with tert-alkyl or cyclic N) is 1. The normalized spacial score (nSPS) is 23.7. The summed E-state index contributed by atoms with van der Waals surface area (Å²) in [6.07, 6.45) is 0.797. The number of ether oxygens (including phenoxy) is 1. The van der Waals surface area contributed by atoms with E-state index in [1.54, 1.807) is 6.92 Å². The van der Waals surface area contributed by atoms with Crippen LogP contribution in [0.5, 0.6) is 5.75 Å². The fraction of sp³-hybridized carbons (Fsp3) is 0.682. The van der Waals surface area contributed by atoms with Gasteiger partial charge in [-0.3, -0.25) is 14.6 Å². The lowest BCUT2D eigenvalue weighted by Crippen LogP contribution is -2.53. The number of nitrogens with zero attached hydrogens (tertiary/aromatic N) is 4. The Morgan fingerprint density at radius 1 is 1.10 bits per heavy atom. The molecular weight excluding hydrogens is 368 g/mol. The van der Waals surface area contributed by atoms with E-state index in [0.29, 0.717) is 19.7 Å². The van der Waals surface area contributed by atoms with Gasteiger partial charge in [0.15, 0.2) is 0 Å². The quantitative estimate of drug-likeness (QED) is 0.689. The molecule has 1 atom stereocenters. The van der Waals surface area contributed by atoms with Gasteiger partial charge >= 0.3 is 0 Å². The molecule has 7 heteroatoms. The van der Waals surface area contributed by atoms with Crippen molar-refractivity contribution in [1.82, 2.24) is 19.6 Å². The van der Waals surface area contributed by atoms with Crippen LogP contribution >= 0.6 is 0 Å². The minimum atomic E-state index is -0.659. The van der Waals surface area contributed by atoms with Crippen LogP contribution in [-0.4, -0.2) is 109 Å². The van der Waals surface area contributed by atoms with E-state index in [2.05, 4.69) is 26.8 Å². The third kappa shape index (κ3) is 6.67. The molecular formula is C22H36N4O3. The first-order valence-electron chi connectivity index (χ1n) is 10.6. The lowest BCUT2D eigenvalue weighted by Gasteiger charge is -2.38. The van der Waals surface area contributed by atoms with Crippen LogP contribution in [0.2, 0.25) is 0 Å². The van der Waals surface area contributed by atoms with Crippen molar-refractivity contribution in [3.8, 4) is 5.75 Å². The third-order valence-electron chi connectivity index (χ3n) is 5.88. The van der Waals surface area contributed by atoms with Gasteiger partial charge in [0.05, 0.1) is 5.60 Å². The second-order valence-corrected chi connectivity index (χ2v) is 8.76. The van der Waals surface area contributed by atoms with E-state index in [1.165, 1.54) is 5.56 Å². The average molecular weight is 405 g/mol. The fourth-order valence-corrected chi connectivity index (χ4v) is 4.14. The number of carbonyl (C=O) groups excluding carboxylic acids is 1. The summed E-state index contributed by atoms with van der Waals surface area (Å²) in [6.45, 7) is 9.56. The van der Waals surface area contributed by atoms with Crippen LogP contribution in [0, 0.1) is 0 Å². The summed E-state index contributed by atoms with van der Waals surface area (Å²) in [5.74, 6) is 1.04. The smallest absolute Gasteiger partial charge is 0.219 e. The number of carbonyl (C=O) groups is 1. The molecule has 0 unspecified atom stereocenters. The molecule has 0 saturated carbocycles. The number of hydrogen-bond acceptors (Lipinski definition) is 6. The van der Waals surface area contributed by atoms with Gasteiger partial charge in [-0.1, -0.05) is 12.1 Å². The Balaban J connectivity index is 1.42. The van der Waals surface area contributed by atoms with Gasteiger partial charge in [-0.15, -0.1) is 0 Å². The molecule has 3 rings (SSSR count). The van der Waals surface area contributed by atoms with Gasteiger partial charge in [-0.05, 0) is 38.2 Å². The van der Waals surface area contributed by atoms with Crippen molar-refractivity contribution in [3.63, 3.8) is 0 Å². The summed E-state index contributed by atoms with van der Waals surface area (Å²) >= 11 is 0. The van der Waals surface area contributed by atoms with Crippen LogP contribution in [0.1, 0.15) is 18.9 Å². The summed E-state index contributed by atoms with van der Waals surface area (Å²) in [5.41, 5.74) is 0.581. The second-order valence-electron chi connectivity index (χ2n) is 8.76. The van der Waals surface area contributed by atoms with E-state index in [1.807, 2.05) is 31.1 Å². The number of piperazine rings is 1. The maximum Gasteiger partial charge on any atom is 0.219 e. The molecule has 162 valence electrons. The van der Waals surface area contributed by atoms with Crippen LogP contribution in [0.3, 0.4) is 0 Å². The zero-order valence-corrected chi connectivity index (χ0v) is 18.1. The summed E-state index contributed by atoms with van der Waals surface area (Å²) < 4.78 is 5.76. The molecule has 7 nitrogen and oxygen atoms in total. The molecule has 2 saturated heterocycles. The number of aliphatic hydroxyl groups is 1. The SMILES string of the molecule is CC(=O)N1CCN(C[C@@]2(O)CCN(Cc3ccc(OCCN(C)C)cc3)C2)CC1. The predicted molar refractivity (Wildman–Crippen MR) is 114 cm³/mol. The molecule has 0 radical (unpaired) electrons. The zero-order valence-electron chi connectivity index (χ0n) is 18.1.